The van der Waals surface area contributed by atoms with E-state index < -0.39 is 8.32 Å². The molecule has 2 nitrogen and oxygen atoms in total. The second kappa shape index (κ2) is 7.03. The van der Waals surface area contributed by atoms with Gasteiger partial charge in [-0.15, -0.1) is 0 Å². The number of nitrogens with two attached hydrogens (primary N) is 1. The second-order valence-electron chi connectivity index (χ2n) is 3.79. The smallest absolute Gasteiger partial charge is 0.169 e. The van der Waals surface area contributed by atoms with E-state index in [9.17, 15) is 0 Å². The third-order valence-corrected chi connectivity index (χ3v) is 5.20. The summed E-state index contributed by atoms with van der Waals surface area (Å²) in [6, 6.07) is 0.333. The first-order chi connectivity index (χ1) is 4.79. The molecule has 0 radical (unpaired) electrons. The van der Waals surface area contributed by atoms with Gasteiger partial charge in [0.2, 0.25) is 0 Å². The first kappa shape index (κ1) is 13.9. The quantitative estimate of drug-likeness (QED) is 0.672. The molecule has 0 bridgehead atoms. The molecule has 0 aromatic heterocycles. The highest BCUT2D eigenvalue weighted by Crippen LogP contribution is 1.99. The first-order valence-corrected chi connectivity index (χ1v) is 9.59. The molecule has 0 saturated carbocycles. The molecular formula is C7H23NOSi2. The van der Waals surface area contributed by atoms with Crippen LogP contribution in [-0.2, 0) is 4.12 Å². The summed E-state index contributed by atoms with van der Waals surface area (Å²) in [6.07, 6.45) is 0. The van der Waals surface area contributed by atoms with Gasteiger partial charge < -0.3 is 9.85 Å². The zero-order valence-corrected chi connectivity index (χ0v) is 11.2. The molecule has 0 heterocycles. The molecule has 0 amide bonds. The molecule has 0 rings (SSSR count). The van der Waals surface area contributed by atoms with Crippen molar-refractivity contribution in [1.82, 2.24) is 0 Å². The average molecular weight is 193 g/mol. The SMILES string of the molecule is CC(C)N.C[SiH2]O[Si](C)(C)C. The van der Waals surface area contributed by atoms with Crippen molar-refractivity contribution in [1.29, 1.82) is 0 Å². The van der Waals surface area contributed by atoms with Gasteiger partial charge in [-0.3, -0.25) is 0 Å². The van der Waals surface area contributed by atoms with Gasteiger partial charge in [0, 0.05) is 0 Å². The lowest BCUT2D eigenvalue weighted by Gasteiger charge is -2.14. The van der Waals surface area contributed by atoms with E-state index in [4.69, 9.17) is 9.85 Å². The molecule has 70 valence electrons. The molecule has 0 fully saturated rings. The van der Waals surface area contributed by atoms with Gasteiger partial charge >= 0.3 is 0 Å². The molecule has 0 aromatic carbocycles. The van der Waals surface area contributed by atoms with E-state index in [1.807, 2.05) is 13.8 Å². The summed E-state index contributed by atoms with van der Waals surface area (Å²) in [7, 11) is -1.22. The third-order valence-electron chi connectivity index (χ3n) is 0.577. The van der Waals surface area contributed by atoms with Gasteiger partial charge in [0.1, 0.15) is 9.76 Å². The Kier molecular flexibility index (Phi) is 8.89. The van der Waals surface area contributed by atoms with Gasteiger partial charge in [0.15, 0.2) is 8.32 Å². The molecule has 0 saturated heterocycles. The van der Waals surface area contributed by atoms with E-state index in [1.165, 1.54) is 0 Å². The highest BCUT2D eigenvalue weighted by molar-refractivity contribution is 6.73. The molecule has 0 unspecified atom stereocenters. The van der Waals surface area contributed by atoms with Crippen molar-refractivity contribution in [3.63, 3.8) is 0 Å². The number of hydrogen-bond acceptors (Lipinski definition) is 2. The van der Waals surface area contributed by atoms with Crippen molar-refractivity contribution in [3.05, 3.63) is 0 Å². The molecule has 4 heteroatoms. The van der Waals surface area contributed by atoms with Crippen LogP contribution < -0.4 is 5.73 Å². The molecule has 0 spiro atoms. The lowest BCUT2D eigenvalue weighted by Crippen LogP contribution is -2.26. The van der Waals surface area contributed by atoms with Gasteiger partial charge in [0.25, 0.3) is 0 Å². The molecule has 0 aliphatic carbocycles. The van der Waals surface area contributed by atoms with Crippen LogP contribution in [-0.4, -0.2) is 24.1 Å². The summed E-state index contributed by atoms with van der Waals surface area (Å²) in [5.74, 6) is 0. The maximum Gasteiger partial charge on any atom is 0.169 e. The highest BCUT2D eigenvalue weighted by atomic mass is 28.4. The fraction of sp³-hybridized carbons (Fsp3) is 1.00. The number of hydrogen-bond donors (Lipinski definition) is 1. The van der Waals surface area contributed by atoms with Crippen molar-refractivity contribution >= 4 is 18.1 Å². The summed E-state index contributed by atoms with van der Waals surface area (Å²) in [5, 5.41) is 0. The minimum atomic E-state index is -1.10. The van der Waals surface area contributed by atoms with Crippen molar-refractivity contribution < 1.29 is 4.12 Å². The maximum absolute atomic E-state index is 5.51. The fourth-order valence-corrected chi connectivity index (χ4v) is 3.90. The Morgan fingerprint density at radius 1 is 1.27 bits per heavy atom. The van der Waals surface area contributed by atoms with Crippen LogP contribution in [0.15, 0.2) is 0 Å². The minimum absolute atomic E-state index is 0.128. The van der Waals surface area contributed by atoms with Crippen LogP contribution in [0.1, 0.15) is 13.8 Å². The van der Waals surface area contributed by atoms with E-state index in [0.29, 0.717) is 6.04 Å². The Morgan fingerprint density at radius 3 is 1.55 bits per heavy atom. The molecule has 0 atom stereocenters. The van der Waals surface area contributed by atoms with E-state index in [2.05, 4.69) is 26.2 Å². The van der Waals surface area contributed by atoms with Crippen molar-refractivity contribution in [2.45, 2.75) is 46.1 Å². The van der Waals surface area contributed by atoms with Crippen molar-refractivity contribution in [2.75, 3.05) is 0 Å². The Balaban J connectivity index is 0. The number of rotatable bonds is 2. The lowest BCUT2D eigenvalue weighted by molar-refractivity contribution is 0.603. The lowest BCUT2D eigenvalue weighted by atomic mass is 10.5. The highest BCUT2D eigenvalue weighted by Gasteiger charge is 2.10. The molecular weight excluding hydrogens is 170 g/mol. The summed E-state index contributed by atoms with van der Waals surface area (Å²) in [4.78, 5) is 0. The normalized spacial score (nSPS) is 12.0. The third kappa shape index (κ3) is 38.1. The first-order valence-electron chi connectivity index (χ1n) is 4.19. The van der Waals surface area contributed by atoms with Gasteiger partial charge in [-0.05, 0) is 25.7 Å². The van der Waals surface area contributed by atoms with Crippen LogP contribution in [0.3, 0.4) is 0 Å². The van der Waals surface area contributed by atoms with Crippen molar-refractivity contribution in [2.24, 2.45) is 5.73 Å². The predicted octanol–water partition coefficient (Wildman–Crippen LogP) is 1.32. The molecule has 0 aliphatic rings. The summed E-state index contributed by atoms with van der Waals surface area (Å²) >= 11 is 0. The Bertz CT molecular complexity index is 78.2. The van der Waals surface area contributed by atoms with E-state index in [0.717, 1.165) is 0 Å². The predicted molar refractivity (Wildman–Crippen MR) is 58.2 cm³/mol. The minimum Gasteiger partial charge on any atom is -0.461 e. The van der Waals surface area contributed by atoms with Crippen LogP contribution >= 0.6 is 0 Å². The van der Waals surface area contributed by atoms with Crippen LogP contribution in [0.2, 0.25) is 26.2 Å². The summed E-state index contributed by atoms with van der Waals surface area (Å²) < 4.78 is 5.51. The zero-order valence-electron chi connectivity index (χ0n) is 8.77. The second-order valence-corrected chi connectivity index (χ2v) is 9.75. The van der Waals surface area contributed by atoms with E-state index in [1.54, 1.807) is 0 Å². The van der Waals surface area contributed by atoms with Crippen LogP contribution in [0.4, 0.5) is 0 Å². The van der Waals surface area contributed by atoms with Gasteiger partial charge in [-0.2, -0.15) is 0 Å². The topological polar surface area (TPSA) is 35.2 Å². The molecule has 0 aromatic rings. The monoisotopic (exact) mass is 193 g/mol. The standard InChI is InChI=1S/C4H14OSi2.C3H9N/c1-6-5-7(2,3)4;1-3(2)4/h6H2,1-4H3;3H,4H2,1-2H3. The zero-order chi connectivity index (χ0) is 9.49. The maximum atomic E-state index is 5.51. The van der Waals surface area contributed by atoms with Gasteiger partial charge in [-0.1, -0.05) is 20.4 Å². The summed E-state index contributed by atoms with van der Waals surface area (Å²) in [6.45, 7) is 12.7. The Morgan fingerprint density at radius 2 is 1.55 bits per heavy atom. The van der Waals surface area contributed by atoms with Crippen molar-refractivity contribution in [3.8, 4) is 0 Å². The average Bonchev–Trinajstić information content (AvgIpc) is 1.58. The molecule has 0 aliphatic heterocycles. The fourth-order valence-electron chi connectivity index (χ4n) is 0.433. The molecule has 11 heavy (non-hydrogen) atoms. The Hall–Kier alpha value is 0.354. The largest absolute Gasteiger partial charge is 0.461 e. The van der Waals surface area contributed by atoms with Gasteiger partial charge in [0.05, 0.1) is 0 Å². The van der Waals surface area contributed by atoms with E-state index in [-0.39, 0.29) is 9.76 Å². The van der Waals surface area contributed by atoms with Crippen LogP contribution in [0.5, 0.6) is 0 Å². The molecule has 2 N–H and O–H groups in total. The summed E-state index contributed by atoms with van der Waals surface area (Å²) in [5.41, 5.74) is 5.11. The van der Waals surface area contributed by atoms with Crippen LogP contribution in [0.25, 0.3) is 0 Å². The van der Waals surface area contributed by atoms with Gasteiger partial charge in [-0.25, -0.2) is 0 Å². The van der Waals surface area contributed by atoms with Crippen LogP contribution in [0, 0.1) is 0 Å². The Labute approximate surface area is 74.6 Å². The van der Waals surface area contributed by atoms with E-state index >= 15 is 0 Å².